The monoisotopic (exact) mass is 630 g/mol. The third-order valence-electron chi connectivity index (χ3n) is 8.51. The van der Waals surface area contributed by atoms with E-state index in [1.54, 1.807) is 0 Å². The van der Waals surface area contributed by atoms with Crippen molar-refractivity contribution in [1.29, 1.82) is 0 Å². The Morgan fingerprint density at radius 3 is 2.36 bits per heavy atom. The van der Waals surface area contributed by atoms with Crippen LogP contribution in [0.15, 0.2) is 23.0 Å². The first-order valence-electron chi connectivity index (χ1n) is 13.0. The molecule has 2 fully saturated rings. The average molecular weight is 631 g/mol. The van der Waals surface area contributed by atoms with Gasteiger partial charge in [0, 0.05) is 23.1 Å². The van der Waals surface area contributed by atoms with Crippen molar-refractivity contribution >= 4 is 59.6 Å². The predicted octanol–water partition coefficient (Wildman–Crippen LogP) is 0.981. The summed E-state index contributed by atoms with van der Waals surface area (Å²) in [5.74, 6) is -9.61. The number of rotatable bonds is 5. The van der Waals surface area contributed by atoms with Gasteiger partial charge in [-0.1, -0.05) is 0 Å². The topological polar surface area (TPSA) is 194 Å². The maximum atomic E-state index is 15.4. The number of amides is 2. The van der Waals surface area contributed by atoms with Crippen LogP contribution in [0.4, 0.5) is 10.1 Å². The fourth-order valence-electron chi connectivity index (χ4n) is 6.69. The number of anilines is 1. The second-order valence-electron chi connectivity index (χ2n) is 11.1. The van der Waals surface area contributed by atoms with E-state index in [1.807, 2.05) is 4.90 Å². The summed E-state index contributed by atoms with van der Waals surface area (Å²) in [7, 11) is 2.98. The highest BCUT2D eigenvalue weighted by Crippen LogP contribution is 2.53. The van der Waals surface area contributed by atoms with E-state index in [4.69, 9.17) is 5.73 Å². The minimum absolute atomic E-state index is 0. The Morgan fingerprint density at radius 1 is 1.17 bits per heavy atom. The van der Waals surface area contributed by atoms with E-state index < -0.39 is 86.7 Å². The van der Waals surface area contributed by atoms with Crippen LogP contribution in [0.25, 0.3) is 5.76 Å². The molecule has 1 aromatic carbocycles. The van der Waals surface area contributed by atoms with Crippen LogP contribution in [0.2, 0.25) is 0 Å². The van der Waals surface area contributed by atoms with Crippen LogP contribution in [0, 0.1) is 17.7 Å². The van der Waals surface area contributed by atoms with Gasteiger partial charge in [0.2, 0.25) is 11.7 Å². The molecule has 4 aliphatic rings. The van der Waals surface area contributed by atoms with Crippen molar-refractivity contribution in [3.05, 3.63) is 39.9 Å². The van der Waals surface area contributed by atoms with Gasteiger partial charge in [-0.05, 0) is 58.8 Å². The van der Waals surface area contributed by atoms with Gasteiger partial charge in [-0.3, -0.25) is 29.0 Å². The van der Waals surface area contributed by atoms with E-state index in [-0.39, 0.29) is 55.5 Å². The lowest BCUT2D eigenvalue weighted by Gasteiger charge is -2.50. The van der Waals surface area contributed by atoms with Gasteiger partial charge in [-0.25, -0.2) is 4.39 Å². The van der Waals surface area contributed by atoms with Crippen LogP contribution in [-0.4, -0.2) is 99.0 Å². The summed E-state index contributed by atoms with van der Waals surface area (Å²) in [6.07, 6.45) is 1.56. The summed E-state index contributed by atoms with van der Waals surface area (Å²) in [5, 5.41) is 47.2. The second kappa shape index (κ2) is 11.8. The van der Waals surface area contributed by atoms with Gasteiger partial charge < -0.3 is 31.5 Å². The van der Waals surface area contributed by atoms with Crippen LogP contribution >= 0.6 is 24.8 Å². The number of ketones is 2. The maximum absolute atomic E-state index is 15.4. The number of hydrogen-bond acceptors (Lipinski definition) is 10. The van der Waals surface area contributed by atoms with Crippen LogP contribution in [-0.2, 0) is 25.6 Å². The lowest BCUT2D eigenvalue weighted by atomic mass is 9.57. The molecule has 1 saturated carbocycles. The molecule has 2 amide bonds. The summed E-state index contributed by atoms with van der Waals surface area (Å²) >= 11 is 0. The van der Waals surface area contributed by atoms with E-state index in [0.29, 0.717) is 0 Å². The van der Waals surface area contributed by atoms with Gasteiger partial charge in [0.1, 0.15) is 22.9 Å². The molecule has 0 radical (unpaired) electrons. The number of phenolic OH excluding ortho intramolecular Hbond substituents is 1. The van der Waals surface area contributed by atoms with Gasteiger partial charge >= 0.3 is 0 Å². The van der Waals surface area contributed by atoms with E-state index in [9.17, 15) is 39.6 Å². The number of primary amides is 1. The van der Waals surface area contributed by atoms with Gasteiger partial charge in [0.25, 0.3) is 5.91 Å². The number of aliphatic hydroxyl groups is 3. The summed E-state index contributed by atoms with van der Waals surface area (Å²) < 4.78 is 15.4. The smallest absolute Gasteiger partial charge is 0.255 e. The molecule has 4 atom stereocenters. The Bertz CT molecular complexity index is 1420. The minimum Gasteiger partial charge on any atom is -0.508 e. The molecule has 12 nitrogen and oxygen atoms in total. The third-order valence-corrected chi connectivity index (χ3v) is 8.51. The van der Waals surface area contributed by atoms with Crippen LogP contribution in [0.5, 0.6) is 5.75 Å². The number of carbonyl (C=O) groups is 4. The first-order chi connectivity index (χ1) is 18.8. The summed E-state index contributed by atoms with van der Waals surface area (Å²) in [6.45, 7) is 1.49. The van der Waals surface area contributed by atoms with Gasteiger partial charge in [0.05, 0.1) is 23.8 Å². The van der Waals surface area contributed by atoms with E-state index in [2.05, 4.69) is 5.32 Å². The number of halogens is 3. The third kappa shape index (κ3) is 4.92. The normalized spacial score (nSPS) is 27.1. The van der Waals surface area contributed by atoms with Gasteiger partial charge in [-0.15, -0.1) is 24.8 Å². The number of carbonyl (C=O) groups excluding carboxylic acids is 4. The molecule has 1 aromatic rings. The van der Waals surface area contributed by atoms with Crippen molar-refractivity contribution < 1.29 is 44.0 Å². The zero-order chi connectivity index (χ0) is 29.3. The number of hydrogen-bond donors (Lipinski definition) is 6. The quantitative estimate of drug-likeness (QED) is 0.202. The molecular formula is C27H33Cl2FN4O8. The average Bonchev–Trinajstić information content (AvgIpc) is 3.37. The molecule has 5 rings (SSSR count). The number of phenols is 1. The minimum atomic E-state index is -2.79. The molecule has 1 aliphatic heterocycles. The van der Waals surface area contributed by atoms with Crippen LogP contribution < -0.4 is 11.1 Å². The largest absolute Gasteiger partial charge is 0.508 e. The van der Waals surface area contributed by atoms with Crippen molar-refractivity contribution in [3.63, 3.8) is 0 Å². The van der Waals surface area contributed by atoms with Crippen molar-refractivity contribution in [2.45, 2.75) is 37.3 Å². The number of benzene rings is 1. The zero-order valence-electron chi connectivity index (χ0n) is 22.8. The van der Waals surface area contributed by atoms with E-state index >= 15 is 4.39 Å². The number of nitrogens with two attached hydrogens (primary N) is 1. The molecule has 15 heteroatoms. The number of aliphatic hydroxyl groups excluding tert-OH is 2. The highest BCUT2D eigenvalue weighted by molar-refractivity contribution is 6.24. The number of likely N-dealkylation sites (tertiary alicyclic amines) is 1. The standard InChI is InChI=1S/C27H31FN4O8.2ClH/c1-31(2)20-13-8-11-7-12-14(28)9-15(30-16(33)10-32-5-3-4-6-32)21(34)18(12)22(35)17(11)24(37)27(13,40)25(38)19(23(20)36)26(29)39;;/h9,11,13,20,34-35,38,40H,3-8,10H2,1-2H3,(H2,29,39)(H,30,33);2*1H/t11?,13?,20-,27-;;/m0../s1. The molecule has 7 N–H and O–H groups in total. The summed E-state index contributed by atoms with van der Waals surface area (Å²) in [6, 6.07) is -0.292. The number of likely N-dealkylation sites (N-methyl/N-ethyl adjacent to an activating group) is 1. The fraction of sp³-hybridized carbons (Fsp3) is 0.481. The van der Waals surface area contributed by atoms with E-state index in [1.165, 1.54) is 19.0 Å². The molecule has 0 bridgehead atoms. The highest BCUT2D eigenvalue weighted by Gasteiger charge is 2.64. The zero-order valence-corrected chi connectivity index (χ0v) is 24.5. The molecule has 230 valence electrons. The number of nitrogens with zero attached hydrogens (tertiary/aromatic N) is 2. The molecule has 2 unspecified atom stereocenters. The second-order valence-corrected chi connectivity index (χ2v) is 11.1. The molecule has 3 aliphatic carbocycles. The Labute approximate surface area is 252 Å². The molecule has 42 heavy (non-hydrogen) atoms. The maximum Gasteiger partial charge on any atom is 0.255 e. The van der Waals surface area contributed by atoms with Crippen molar-refractivity contribution in [2.75, 3.05) is 39.0 Å². The highest BCUT2D eigenvalue weighted by atomic mass is 35.5. The lowest BCUT2D eigenvalue weighted by Crippen LogP contribution is -2.65. The Kier molecular flexibility index (Phi) is 9.35. The molecule has 1 saturated heterocycles. The number of nitrogens with one attached hydrogen (secondary N) is 1. The number of aromatic hydroxyl groups is 1. The fourth-order valence-corrected chi connectivity index (χ4v) is 6.69. The van der Waals surface area contributed by atoms with Gasteiger partial charge in [0.15, 0.2) is 17.1 Å². The lowest BCUT2D eigenvalue weighted by molar-refractivity contribution is -0.153. The molecular weight excluding hydrogens is 598 g/mol. The first kappa shape index (κ1) is 33.3. The SMILES string of the molecule is CN(C)[C@@H]1C(=O)C(C(N)=O)=C(O)[C@@]2(O)C(=O)C3=C(O)c4c(O)c(NC(=O)CN5CCCC5)cc(F)c4CC3CC12.Cl.Cl. The Balaban J connectivity index is 0.00000242. The van der Waals surface area contributed by atoms with Crippen molar-refractivity contribution in [2.24, 2.45) is 17.6 Å². The van der Waals surface area contributed by atoms with E-state index in [0.717, 1.165) is 32.0 Å². The van der Waals surface area contributed by atoms with Crippen LogP contribution in [0.1, 0.15) is 30.4 Å². The summed E-state index contributed by atoms with van der Waals surface area (Å²) in [5.41, 5.74) is 0.362. The first-order valence-corrected chi connectivity index (χ1v) is 13.0. The van der Waals surface area contributed by atoms with Crippen molar-refractivity contribution in [3.8, 4) is 5.75 Å². The Morgan fingerprint density at radius 2 is 1.79 bits per heavy atom. The van der Waals surface area contributed by atoms with Crippen molar-refractivity contribution in [1.82, 2.24) is 9.80 Å². The number of fused-ring (bicyclic) bond motifs is 3. The van der Waals surface area contributed by atoms with Gasteiger partial charge in [-0.2, -0.15) is 0 Å². The molecule has 1 heterocycles. The predicted molar refractivity (Wildman–Crippen MR) is 153 cm³/mol. The summed E-state index contributed by atoms with van der Waals surface area (Å²) in [4.78, 5) is 54.8. The molecule has 0 aromatic heterocycles. The Hall–Kier alpha value is -3.23. The van der Waals surface area contributed by atoms with Crippen LogP contribution in [0.3, 0.4) is 0 Å². The number of Topliss-reactive ketones (excluding diaryl/α,β-unsaturated/α-hetero) is 2. The molecule has 0 spiro atoms.